The third-order valence-corrected chi connectivity index (χ3v) is 10.2. The lowest BCUT2D eigenvalue weighted by molar-refractivity contribution is -0.118. The smallest absolute Gasteiger partial charge is 0.407 e. The second kappa shape index (κ2) is 20.0. The van der Waals surface area contributed by atoms with E-state index in [9.17, 15) is 24.0 Å². The molecule has 18 heteroatoms. The summed E-state index contributed by atoms with van der Waals surface area (Å²) in [5.41, 5.74) is 7.90. The molecule has 308 valence electrons. The Bertz CT molecular complexity index is 2610. The first-order valence-corrected chi connectivity index (χ1v) is 19.7. The van der Waals surface area contributed by atoms with Gasteiger partial charge in [0.15, 0.2) is 0 Å². The molecule has 7 N–H and O–H groups in total. The van der Waals surface area contributed by atoms with Crippen molar-refractivity contribution < 1.29 is 19.1 Å². The highest BCUT2D eigenvalue weighted by molar-refractivity contribution is 6.42. The van der Waals surface area contributed by atoms with E-state index in [1.807, 2.05) is 0 Å². The number of anilines is 2. The molecule has 3 amide bonds. The molecule has 0 bridgehead atoms. The molecule has 2 atom stereocenters. The third kappa shape index (κ3) is 12.3. The lowest BCUT2D eigenvalue weighted by Crippen LogP contribution is -2.34. The molecule has 0 spiro atoms. The number of halogens is 4. The van der Waals surface area contributed by atoms with Gasteiger partial charge in [-0.2, -0.15) is 0 Å². The van der Waals surface area contributed by atoms with Gasteiger partial charge in [-0.25, -0.2) is 14.8 Å². The van der Waals surface area contributed by atoms with Crippen LogP contribution in [0.15, 0.2) is 95.0 Å². The van der Waals surface area contributed by atoms with Crippen LogP contribution in [0, 0.1) is 0 Å². The molecule has 0 fully saturated rings. The van der Waals surface area contributed by atoms with Gasteiger partial charge >= 0.3 is 6.09 Å². The molecule has 0 aliphatic heterocycles. The lowest BCUT2D eigenvalue weighted by Gasteiger charge is -2.21. The summed E-state index contributed by atoms with van der Waals surface area (Å²) in [5.74, 6) is -1.66. The van der Waals surface area contributed by atoms with Crippen molar-refractivity contribution in [1.29, 1.82) is 0 Å². The van der Waals surface area contributed by atoms with Gasteiger partial charge in [-0.1, -0.05) is 58.5 Å². The minimum Gasteiger partial charge on any atom is -0.444 e. The molecule has 0 aliphatic rings. The monoisotopic (exact) mass is 880 g/mol. The van der Waals surface area contributed by atoms with Crippen molar-refractivity contribution in [2.45, 2.75) is 51.0 Å². The number of aromatic nitrogens is 4. The van der Waals surface area contributed by atoms with E-state index < -0.39 is 23.5 Å². The van der Waals surface area contributed by atoms with E-state index in [1.54, 1.807) is 93.6 Å². The summed E-state index contributed by atoms with van der Waals surface area (Å²) in [6.07, 6.45) is 2.80. The highest BCUT2D eigenvalue weighted by Crippen LogP contribution is 2.31. The number of alkyl carbamates (subject to hydrolysis) is 1. The maximum Gasteiger partial charge on any atom is 0.407 e. The highest BCUT2D eigenvalue weighted by atomic mass is 35.5. The highest BCUT2D eigenvalue weighted by Gasteiger charge is 2.24. The van der Waals surface area contributed by atoms with Crippen LogP contribution in [-0.4, -0.2) is 56.5 Å². The number of H-pyrrole nitrogens is 2. The predicted octanol–water partition coefficient (Wildman–Crippen LogP) is 8.17. The number of hydrogen-bond donors (Lipinski definition) is 6. The van der Waals surface area contributed by atoms with Crippen LogP contribution in [0.1, 0.15) is 56.6 Å². The van der Waals surface area contributed by atoms with E-state index >= 15 is 0 Å². The van der Waals surface area contributed by atoms with Crippen molar-refractivity contribution in [1.82, 2.24) is 25.3 Å². The van der Waals surface area contributed by atoms with Gasteiger partial charge in [-0.05, 0) is 112 Å². The quantitative estimate of drug-likeness (QED) is 0.0739. The van der Waals surface area contributed by atoms with Gasteiger partial charge in [0.1, 0.15) is 5.60 Å². The molecular formula is C41H40Cl4N8O6. The number of hydrogen-bond acceptors (Lipinski definition) is 9. The van der Waals surface area contributed by atoms with Crippen LogP contribution in [0.4, 0.5) is 16.2 Å². The van der Waals surface area contributed by atoms with Crippen LogP contribution >= 0.6 is 46.4 Å². The zero-order valence-corrected chi connectivity index (χ0v) is 35.0. The first-order valence-electron chi connectivity index (χ1n) is 18.2. The minimum absolute atomic E-state index is 0.196. The fourth-order valence-corrected chi connectivity index (χ4v) is 6.52. The van der Waals surface area contributed by atoms with Gasteiger partial charge in [-0.15, -0.1) is 0 Å². The molecule has 0 saturated heterocycles. The Hall–Kier alpha value is -5.51. The number of nitrogens with zero attached hydrogens (tertiary/aromatic N) is 2. The Morgan fingerprint density at radius 3 is 1.56 bits per heavy atom. The van der Waals surface area contributed by atoms with Crippen LogP contribution in [0.2, 0.25) is 20.1 Å². The fraction of sp³-hybridized carbons (Fsp3) is 0.244. The third-order valence-electron chi connectivity index (χ3n) is 8.70. The van der Waals surface area contributed by atoms with Crippen LogP contribution in [0.25, 0.3) is 21.8 Å². The van der Waals surface area contributed by atoms with Crippen molar-refractivity contribution >= 4 is 97.5 Å². The van der Waals surface area contributed by atoms with Gasteiger partial charge in [-0.3, -0.25) is 19.2 Å². The molecule has 0 saturated carbocycles. The second-order valence-corrected chi connectivity index (χ2v) is 15.8. The van der Waals surface area contributed by atoms with E-state index in [-0.39, 0.29) is 35.9 Å². The molecule has 6 rings (SSSR count). The standard InChI is InChI=1S/C23H24Cl2N4O4.C18H16Cl2N4O2/c1-23(2,3)33-22(32)26-9-8-15(13-4-7-17(24)18(25)10-13)21(31)29-14-5-6-16-19(11-14)27-12-28-20(16)30;19-14-4-1-10(7-15(14)20)12(5-6-21)18(26)24-11-2-3-13-16(8-11)22-9-23-17(13)25/h4-7,10-12,15H,8-9H2,1-3H3,(H,26,32)(H,29,31)(H,27,28,30);1-4,7-9,12H,5-6,21H2,(H,24,26)(H,22,23,25). The number of aromatic amines is 2. The molecule has 59 heavy (non-hydrogen) atoms. The normalized spacial score (nSPS) is 12.2. The maximum atomic E-state index is 13.2. The average Bonchev–Trinajstić information content (AvgIpc) is 3.17. The van der Waals surface area contributed by atoms with Crippen LogP contribution in [0.5, 0.6) is 0 Å². The summed E-state index contributed by atoms with van der Waals surface area (Å²) in [4.78, 5) is 74.8. The topological polar surface area (TPSA) is 214 Å². The number of carbonyl (C=O) groups is 3. The lowest BCUT2D eigenvalue weighted by atomic mass is 9.94. The molecule has 2 heterocycles. The van der Waals surface area contributed by atoms with Crippen LogP contribution < -0.4 is 32.8 Å². The van der Waals surface area contributed by atoms with Crippen molar-refractivity contribution in [3.8, 4) is 0 Å². The van der Waals surface area contributed by atoms with Crippen LogP contribution in [-0.2, 0) is 14.3 Å². The molecule has 0 radical (unpaired) electrons. The number of rotatable bonds is 11. The second-order valence-electron chi connectivity index (χ2n) is 14.2. The Balaban J connectivity index is 0.000000230. The molecule has 2 unspecified atom stereocenters. The van der Waals surface area contributed by atoms with E-state index in [4.69, 9.17) is 56.9 Å². The van der Waals surface area contributed by atoms with E-state index in [1.165, 1.54) is 12.7 Å². The Morgan fingerprint density at radius 1 is 0.678 bits per heavy atom. The first-order chi connectivity index (χ1) is 28.0. The van der Waals surface area contributed by atoms with Crippen molar-refractivity contribution in [3.05, 3.63) is 137 Å². The molecule has 4 aromatic carbocycles. The number of fused-ring (bicyclic) bond motifs is 2. The van der Waals surface area contributed by atoms with Gasteiger partial charge in [0.2, 0.25) is 11.8 Å². The van der Waals surface area contributed by atoms with Gasteiger partial charge in [0, 0.05) is 17.9 Å². The zero-order valence-electron chi connectivity index (χ0n) is 32.0. The summed E-state index contributed by atoms with van der Waals surface area (Å²) in [6.45, 7) is 5.84. The molecule has 14 nitrogen and oxygen atoms in total. The van der Waals surface area contributed by atoms with Gasteiger partial charge < -0.3 is 36.4 Å². The number of carbonyl (C=O) groups excluding carboxylic acids is 3. The van der Waals surface area contributed by atoms with Crippen molar-refractivity contribution in [2.75, 3.05) is 23.7 Å². The van der Waals surface area contributed by atoms with E-state index in [2.05, 4.69) is 35.9 Å². The molecular weight excluding hydrogens is 842 g/mol. The zero-order chi connectivity index (χ0) is 42.9. The number of amides is 3. The Morgan fingerprint density at radius 2 is 1.14 bits per heavy atom. The SMILES string of the molecule is CC(C)(C)OC(=O)NCCC(C(=O)Nc1ccc2c(=O)[nH]cnc2c1)c1ccc(Cl)c(Cl)c1.NCCC(C(=O)Nc1ccc2c(=O)[nH]cnc2c1)c1ccc(Cl)c(Cl)c1. The number of ether oxygens (including phenoxy) is 1. The molecule has 0 aliphatic carbocycles. The van der Waals surface area contributed by atoms with Gasteiger partial charge in [0.05, 0.1) is 66.4 Å². The average molecular weight is 883 g/mol. The number of nitrogens with one attached hydrogen (secondary N) is 5. The fourth-order valence-electron chi connectivity index (χ4n) is 5.91. The maximum absolute atomic E-state index is 13.2. The number of benzene rings is 4. The molecule has 6 aromatic rings. The molecule has 2 aromatic heterocycles. The van der Waals surface area contributed by atoms with Crippen molar-refractivity contribution in [3.63, 3.8) is 0 Å². The van der Waals surface area contributed by atoms with Gasteiger partial charge in [0.25, 0.3) is 11.1 Å². The minimum atomic E-state index is -0.641. The Labute approximate surface area is 358 Å². The summed E-state index contributed by atoms with van der Waals surface area (Å²) >= 11 is 24.2. The number of nitrogens with two attached hydrogens (primary N) is 1. The largest absolute Gasteiger partial charge is 0.444 e. The van der Waals surface area contributed by atoms with Crippen LogP contribution in [0.3, 0.4) is 0 Å². The summed E-state index contributed by atoms with van der Waals surface area (Å²) < 4.78 is 5.24. The Kier molecular flexibility index (Phi) is 15.1. The summed E-state index contributed by atoms with van der Waals surface area (Å²) in [6, 6.07) is 19.8. The summed E-state index contributed by atoms with van der Waals surface area (Å²) in [5, 5.41) is 10.7. The first kappa shape index (κ1) is 44.6. The van der Waals surface area contributed by atoms with Crippen molar-refractivity contribution in [2.24, 2.45) is 5.73 Å². The summed E-state index contributed by atoms with van der Waals surface area (Å²) in [7, 11) is 0. The van der Waals surface area contributed by atoms with E-state index in [0.29, 0.717) is 71.8 Å². The predicted molar refractivity (Wildman–Crippen MR) is 233 cm³/mol. The van der Waals surface area contributed by atoms with E-state index in [0.717, 1.165) is 5.56 Å².